The molecule has 0 aliphatic carbocycles. The Morgan fingerprint density at radius 3 is 2.35 bits per heavy atom. The van der Waals surface area contributed by atoms with E-state index in [2.05, 4.69) is 33.6 Å². The number of sulfonamides is 1. The van der Waals surface area contributed by atoms with E-state index in [1.165, 1.54) is 11.3 Å². The van der Waals surface area contributed by atoms with Gasteiger partial charge in [0.25, 0.3) is 0 Å². The molecule has 1 aliphatic heterocycles. The number of piperazine rings is 1. The fourth-order valence-corrected chi connectivity index (χ4v) is 5.71. The number of likely N-dealkylation sites (N-methyl/N-ethyl adjacent to an activating group) is 1. The molecule has 0 spiro atoms. The molecule has 1 atom stereocenters. The first kappa shape index (κ1) is 19.5. The second kappa shape index (κ2) is 8.63. The molecular weight excluding hydrogens is 366 g/mol. The van der Waals surface area contributed by atoms with Gasteiger partial charge in [-0.15, -0.1) is 11.3 Å². The average molecular weight is 394 g/mol. The zero-order chi connectivity index (χ0) is 18.6. The van der Waals surface area contributed by atoms with Crippen molar-refractivity contribution in [2.45, 2.75) is 24.1 Å². The highest BCUT2D eigenvalue weighted by Crippen LogP contribution is 2.24. The predicted octanol–water partition coefficient (Wildman–Crippen LogP) is 2.71. The van der Waals surface area contributed by atoms with Crippen molar-refractivity contribution in [3.05, 3.63) is 52.9 Å². The zero-order valence-corrected chi connectivity index (χ0v) is 17.0. The summed E-state index contributed by atoms with van der Waals surface area (Å²) < 4.78 is 28.5. The van der Waals surface area contributed by atoms with Crippen LogP contribution in [0.1, 0.15) is 23.4 Å². The molecule has 26 heavy (non-hydrogen) atoms. The standard InChI is InChI=1S/C19H27N3O2S2/c1-3-21-11-13-22(14-12-21)18(17-7-5-4-6-8-17)15-20-26(23,24)19-10-9-16(2)25-19/h4-10,18,20H,3,11-15H2,1-2H3. The molecule has 2 heterocycles. The molecule has 0 saturated carbocycles. The lowest BCUT2D eigenvalue weighted by atomic mass is 10.0. The molecular formula is C19H27N3O2S2. The number of thiophene rings is 1. The number of nitrogens with one attached hydrogen (secondary N) is 1. The lowest BCUT2D eigenvalue weighted by Crippen LogP contribution is -2.49. The minimum atomic E-state index is -3.47. The van der Waals surface area contributed by atoms with Crippen molar-refractivity contribution in [2.75, 3.05) is 39.3 Å². The van der Waals surface area contributed by atoms with Crippen LogP contribution in [0.25, 0.3) is 0 Å². The Balaban J connectivity index is 1.74. The van der Waals surface area contributed by atoms with Crippen molar-refractivity contribution < 1.29 is 8.42 Å². The number of hydrogen-bond acceptors (Lipinski definition) is 5. The summed E-state index contributed by atoms with van der Waals surface area (Å²) in [7, 11) is -3.47. The van der Waals surface area contributed by atoms with Crippen LogP contribution in [0, 0.1) is 6.92 Å². The van der Waals surface area contributed by atoms with Gasteiger partial charge in [0, 0.05) is 43.6 Å². The number of benzene rings is 1. The van der Waals surface area contributed by atoms with E-state index in [0.717, 1.165) is 43.2 Å². The number of rotatable bonds is 7. The molecule has 0 bridgehead atoms. The first-order valence-electron chi connectivity index (χ1n) is 9.07. The van der Waals surface area contributed by atoms with Gasteiger partial charge in [0.2, 0.25) is 10.0 Å². The van der Waals surface area contributed by atoms with Crippen LogP contribution in [0.4, 0.5) is 0 Å². The molecule has 0 amide bonds. The highest BCUT2D eigenvalue weighted by molar-refractivity contribution is 7.91. The van der Waals surface area contributed by atoms with Gasteiger partial charge in [-0.2, -0.15) is 0 Å². The average Bonchev–Trinajstić information content (AvgIpc) is 3.11. The van der Waals surface area contributed by atoms with Gasteiger partial charge in [-0.25, -0.2) is 13.1 Å². The molecule has 5 nitrogen and oxygen atoms in total. The van der Waals surface area contributed by atoms with Crippen LogP contribution in [-0.2, 0) is 10.0 Å². The van der Waals surface area contributed by atoms with Crippen LogP contribution in [0.3, 0.4) is 0 Å². The summed E-state index contributed by atoms with van der Waals surface area (Å²) in [6.45, 7) is 9.50. The molecule has 142 valence electrons. The number of aryl methyl sites for hydroxylation is 1. The van der Waals surface area contributed by atoms with Gasteiger partial charge >= 0.3 is 0 Å². The van der Waals surface area contributed by atoms with E-state index in [9.17, 15) is 8.42 Å². The Bertz CT molecular complexity index is 797. The quantitative estimate of drug-likeness (QED) is 0.786. The van der Waals surface area contributed by atoms with Gasteiger partial charge < -0.3 is 4.90 Å². The van der Waals surface area contributed by atoms with Crippen LogP contribution in [0.15, 0.2) is 46.7 Å². The van der Waals surface area contributed by atoms with E-state index in [1.54, 1.807) is 6.07 Å². The number of nitrogens with zero attached hydrogens (tertiary/aromatic N) is 2. The lowest BCUT2D eigenvalue weighted by molar-refractivity contribution is 0.100. The van der Waals surface area contributed by atoms with Crippen LogP contribution >= 0.6 is 11.3 Å². The minimum absolute atomic E-state index is 0.0473. The number of hydrogen-bond donors (Lipinski definition) is 1. The largest absolute Gasteiger partial charge is 0.301 e. The third-order valence-corrected chi connectivity index (χ3v) is 7.84. The third kappa shape index (κ3) is 4.72. The van der Waals surface area contributed by atoms with E-state index < -0.39 is 10.0 Å². The van der Waals surface area contributed by atoms with Crippen molar-refractivity contribution in [1.82, 2.24) is 14.5 Å². The Labute approximate surface area is 160 Å². The SMILES string of the molecule is CCN1CCN(C(CNS(=O)(=O)c2ccc(C)s2)c2ccccc2)CC1. The molecule has 1 aromatic heterocycles. The van der Waals surface area contributed by atoms with Gasteiger partial charge in [0.15, 0.2) is 0 Å². The molecule has 1 saturated heterocycles. The molecule has 1 aliphatic rings. The van der Waals surface area contributed by atoms with E-state index in [-0.39, 0.29) is 6.04 Å². The lowest BCUT2D eigenvalue weighted by Gasteiger charge is -2.39. The van der Waals surface area contributed by atoms with Crippen LogP contribution in [0.2, 0.25) is 0 Å². The van der Waals surface area contributed by atoms with Gasteiger partial charge in [-0.3, -0.25) is 4.90 Å². The van der Waals surface area contributed by atoms with Crippen molar-refractivity contribution in [3.8, 4) is 0 Å². The summed E-state index contributed by atoms with van der Waals surface area (Å²) in [4.78, 5) is 5.82. The highest BCUT2D eigenvalue weighted by Gasteiger charge is 2.26. The fraction of sp³-hybridized carbons (Fsp3) is 0.474. The topological polar surface area (TPSA) is 52.6 Å². The second-order valence-electron chi connectivity index (χ2n) is 6.61. The summed E-state index contributed by atoms with van der Waals surface area (Å²) in [5.74, 6) is 0. The Morgan fingerprint density at radius 2 is 1.77 bits per heavy atom. The Kier molecular flexibility index (Phi) is 6.47. The monoisotopic (exact) mass is 393 g/mol. The first-order chi connectivity index (χ1) is 12.5. The van der Waals surface area contributed by atoms with E-state index in [1.807, 2.05) is 31.2 Å². The van der Waals surface area contributed by atoms with Crippen LogP contribution in [0.5, 0.6) is 0 Å². The first-order valence-corrected chi connectivity index (χ1v) is 11.4. The predicted molar refractivity (Wildman–Crippen MR) is 107 cm³/mol. The molecule has 1 N–H and O–H groups in total. The van der Waals surface area contributed by atoms with Crippen molar-refractivity contribution in [1.29, 1.82) is 0 Å². The van der Waals surface area contributed by atoms with Crippen molar-refractivity contribution in [2.24, 2.45) is 0 Å². The van der Waals surface area contributed by atoms with Crippen molar-refractivity contribution in [3.63, 3.8) is 0 Å². The maximum atomic E-state index is 12.6. The summed E-state index contributed by atoms with van der Waals surface area (Å²) in [5.41, 5.74) is 1.16. The maximum absolute atomic E-state index is 12.6. The summed E-state index contributed by atoms with van der Waals surface area (Å²) in [6.07, 6.45) is 0. The summed E-state index contributed by atoms with van der Waals surface area (Å²) in [6, 6.07) is 13.8. The van der Waals surface area contributed by atoms with Gasteiger partial charge in [-0.1, -0.05) is 37.3 Å². The molecule has 2 aromatic rings. The molecule has 1 unspecified atom stereocenters. The van der Waals surface area contributed by atoms with E-state index >= 15 is 0 Å². The Hall–Kier alpha value is -1.25. The van der Waals surface area contributed by atoms with Gasteiger partial charge in [0.1, 0.15) is 4.21 Å². The summed E-state index contributed by atoms with van der Waals surface area (Å²) >= 11 is 1.31. The highest BCUT2D eigenvalue weighted by atomic mass is 32.2. The van der Waals surface area contributed by atoms with Crippen LogP contribution < -0.4 is 4.72 Å². The van der Waals surface area contributed by atoms with Crippen LogP contribution in [-0.4, -0.2) is 57.5 Å². The molecule has 1 fully saturated rings. The molecule has 7 heteroatoms. The normalized spacial score (nSPS) is 18.1. The fourth-order valence-electron chi connectivity index (χ4n) is 3.34. The smallest absolute Gasteiger partial charge is 0.250 e. The van der Waals surface area contributed by atoms with Gasteiger partial charge in [-0.05, 0) is 31.2 Å². The summed E-state index contributed by atoms with van der Waals surface area (Å²) in [5, 5.41) is 0. The molecule has 0 radical (unpaired) electrons. The minimum Gasteiger partial charge on any atom is -0.301 e. The van der Waals surface area contributed by atoms with Gasteiger partial charge in [0.05, 0.1) is 0 Å². The van der Waals surface area contributed by atoms with E-state index in [4.69, 9.17) is 0 Å². The molecule has 1 aromatic carbocycles. The zero-order valence-electron chi connectivity index (χ0n) is 15.4. The second-order valence-corrected chi connectivity index (χ2v) is 9.90. The molecule has 3 rings (SSSR count). The van der Waals surface area contributed by atoms with E-state index in [0.29, 0.717) is 10.8 Å². The Morgan fingerprint density at radius 1 is 1.08 bits per heavy atom. The third-order valence-electron chi connectivity index (χ3n) is 4.93. The van der Waals surface area contributed by atoms with Crippen molar-refractivity contribution >= 4 is 21.4 Å². The maximum Gasteiger partial charge on any atom is 0.250 e.